The molecule has 36 heavy (non-hydrogen) atoms. The Morgan fingerprint density at radius 3 is 1.53 bits per heavy atom. The first-order valence-corrected chi connectivity index (χ1v) is 12.5. The predicted octanol–water partition coefficient (Wildman–Crippen LogP) is 4.00. The Hall–Kier alpha value is -3.49. The number of fused-ring (bicyclic) bond motifs is 2. The maximum Gasteiger partial charge on any atom is 0.183 e. The minimum absolute atomic E-state index is 0.149. The van der Waals surface area contributed by atoms with E-state index < -0.39 is 0 Å². The topological polar surface area (TPSA) is 89.6 Å². The average molecular weight is 470 g/mol. The molecule has 2 N–H and O–H groups in total. The van der Waals surface area contributed by atoms with Gasteiger partial charge >= 0.3 is 0 Å². The molecule has 7 rings (SSSR count). The van der Waals surface area contributed by atoms with Gasteiger partial charge in [-0.3, -0.25) is 0 Å². The van der Waals surface area contributed by atoms with E-state index in [0.717, 1.165) is 95.0 Å². The van der Waals surface area contributed by atoms with Gasteiger partial charge in [0.1, 0.15) is 11.6 Å². The molecule has 0 saturated carbocycles. The van der Waals surface area contributed by atoms with Crippen LogP contribution in [0.5, 0.6) is 0 Å². The monoisotopic (exact) mass is 470 g/mol. The van der Waals surface area contributed by atoms with Crippen LogP contribution in [0.1, 0.15) is 49.4 Å². The van der Waals surface area contributed by atoms with E-state index in [4.69, 9.17) is 25.9 Å². The lowest BCUT2D eigenvalue weighted by Gasteiger charge is -2.16. The molecule has 2 fully saturated rings. The lowest BCUT2D eigenvalue weighted by atomic mass is 10.1. The maximum absolute atomic E-state index is 6.12. The Labute approximate surface area is 211 Å². The van der Waals surface area contributed by atoms with E-state index in [1.807, 2.05) is 46.0 Å². The molecule has 174 valence electrons. The van der Waals surface area contributed by atoms with E-state index in [2.05, 4.69) is 32.3 Å². The zero-order valence-corrected chi connectivity index (χ0v) is 19.9. The molecule has 2 aromatic carbocycles. The van der Waals surface area contributed by atoms with Gasteiger partial charge < -0.3 is 19.6 Å². The molecule has 2 aliphatic rings. The lowest BCUT2D eigenvalue weighted by molar-refractivity contribution is 0.419. The first-order chi connectivity index (χ1) is 17.6. The molecule has 10 heteroatoms. The quantitative estimate of drug-likeness (QED) is 0.386. The van der Waals surface area contributed by atoms with Crippen LogP contribution in [-0.2, 0) is 0 Å². The zero-order chi connectivity index (χ0) is 24.2. The van der Waals surface area contributed by atoms with E-state index in [-0.39, 0.29) is 12.1 Å². The second kappa shape index (κ2) is 8.57. The van der Waals surface area contributed by atoms with Crippen molar-refractivity contribution < 1.29 is 0 Å². The highest BCUT2D eigenvalue weighted by Gasteiger charge is 2.26. The fourth-order valence-electron chi connectivity index (χ4n) is 5.50. The molecule has 2 aliphatic heterocycles. The van der Waals surface area contributed by atoms with Crippen molar-refractivity contribution >= 4 is 38.0 Å². The highest BCUT2D eigenvalue weighted by molar-refractivity contribution is 6.05. The van der Waals surface area contributed by atoms with Gasteiger partial charge in [0.25, 0.3) is 0 Å². The molecule has 2 atom stereocenters. The predicted molar refractivity (Wildman–Crippen MR) is 141 cm³/mol. The summed E-state index contributed by atoms with van der Waals surface area (Å²) in [5.41, 5.74) is 7.43. The molecule has 0 unspecified atom stereocenters. The summed E-state index contributed by atoms with van der Waals surface area (Å²) < 4.78 is 0. The third kappa shape index (κ3) is 3.72. The summed E-state index contributed by atoms with van der Waals surface area (Å²) in [6.45, 7) is 1.80. The summed E-state index contributed by atoms with van der Waals surface area (Å²) in [6, 6.07) is 16.6. The Kier molecular flexibility index (Phi) is 5.18. The van der Waals surface area contributed by atoms with Gasteiger partial charge in [-0.1, -0.05) is 12.1 Å². The highest BCUT2D eigenvalue weighted by Crippen LogP contribution is 2.32. The van der Waals surface area contributed by atoms with Crippen molar-refractivity contribution in [3.05, 3.63) is 60.2 Å². The van der Waals surface area contributed by atoms with Gasteiger partial charge in [0, 0.05) is 11.1 Å². The summed E-state index contributed by atoms with van der Waals surface area (Å²) in [7, 11) is 12.2. The summed E-state index contributed by atoms with van der Waals surface area (Å²) >= 11 is 0. The Bertz CT molecular complexity index is 1440. The maximum atomic E-state index is 6.12. The Balaban J connectivity index is 1.15. The van der Waals surface area contributed by atoms with Crippen molar-refractivity contribution in [1.82, 2.24) is 39.8 Å². The van der Waals surface area contributed by atoms with Crippen LogP contribution in [0.3, 0.4) is 0 Å². The molecule has 8 nitrogen and oxygen atoms in total. The number of nitrogens with zero attached hydrogens (tertiary/aromatic N) is 6. The van der Waals surface area contributed by atoms with Gasteiger partial charge in [0.05, 0.1) is 45.5 Å². The summed E-state index contributed by atoms with van der Waals surface area (Å²) in [4.78, 5) is 20.2. The van der Waals surface area contributed by atoms with Crippen LogP contribution in [0.15, 0.2) is 48.5 Å². The van der Waals surface area contributed by atoms with Crippen molar-refractivity contribution in [1.29, 1.82) is 0 Å². The second-order valence-corrected chi connectivity index (χ2v) is 9.80. The normalized spacial score (nSPS) is 21.2. The molecule has 5 heterocycles. The van der Waals surface area contributed by atoms with Crippen molar-refractivity contribution in [2.45, 2.75) is 37.8 Å². The number of hydrogen-bond donors (Lipinski definition) is 2. The van der Waals surface area contributed by atoms with E-state index in [9.17, 15) is 0 Å². The molecular weight excluding hydrogens is 446 g/mol. The van der Waals surface area contributed by atoms with Gasteiger partial charge in [0.2, 0.25) is 0 Å². The van der Waals surface area contributed by atoms with Crippen LogP contribution >= 0.6 is 0 Å². The SMILES string of the molecule is [B]N1CCC[C@H]1c1nc2ccc(-c3ccc(-c4ccc5nc([C@@H]6CCCN6[B])[nH]c5c4)nn3)cc2[nH]1. The van der Waals surface area contributed by atoms with Crippen molar-refractivity contribution in [2.24, 2.45) is 0 Å². The van der Waals surface area contributed by atoms with Crippen molar-refractivity contribution in [3.8, 4) is 22.5 Å². The first-order valence-electron chi connectivity index (χ1n) is 12.5. The van der Waals surface area contributed by atoms with Crippen LogP contribution in [0.2, 0.25) is 0 Å². The molecular formula is C26H24B2N8. The van der Waals surface area contributed by atoms with E-state index >= 15 is 0 Å². The summed E-state index contributed by atoms with van der Waals surface area (Å²) in [5, 5.41) is 9.05. The van der Waals surface area contributed by atoms with Gasteiger partial charge in [-0.2, -0.15) is 0 Å². The smallest absolute Gasteiger partial charge is 0.183 e. The number of H-pyrrole nitrogens is 2. The average Bonchev–Trinajstić information content (AvgIpc) is 3.68. The van der Waals surface area contributed by atoms with Gasteiger partial charge in [-0.15, -0.1) is 10.2 Å². The van der Waals surface area contributed by atoms with E-state index in [1.165, 1.54) is 0 Å². The van der Waals surface area contributed by atoms with Gasteiger partial charge in [-0.05, 0) is 75.2 Å². The second-order valence-electron chi connectivity index (χ2n) is 9.80. The zero-order valence-electron chi connectivity index (χ0n) is 19.9. The minimum Gasteiger partial charge on any atom is -0.345 e. The number of benzene rings is 2. The first kappa shape index (κ1) is 21.8. The van der Waals surface area contributed by atoms with E-state index in [1.54, 1.807) is 0 Å². The largest absolute Gasteiger partial charge is 0.345 e. The number of imidazole rings is 2. The Morgan fingerprint density at radius 2 is 1.14 bits per heavy atom. The number of hydrogen-bond acceptors (Lipinski definition) is 6. The fraction of sp³-hybridized carbons (Fsp3) is 0.308. The molecule has 0 bridgehead atoms. The molecule has 0 aliphatic carbocycles. The van der Waals surface area contributed by atoms with Crippen LogP contribution in [0.4, 0.5) is 0 Å². The fourth-order valence-corrected chi connectivity index (χ4v) is 5.50. The van der Waals surface area contributed by atoms with Gasteiger partial charge in [0.15, 0.2) is 16.0 Å². The number of rotatable bonds is 4. The number of aromatic amines is 2. The van der Waals surface area contributed by atoms with Crippen LogP contribution in [0.25, 0.3) is 44.6 Å². The lowest BCUT2D eigenvalue weighted by Crippen LogP contribution is -2.20. The summed E-state index contributed by atoms with van der Waals surface area (Å²) in [6.07, 6.45) is 4.22. The molecule has 5 aromatic rings. The standard InChI is InChI=1S/C26H24B2N8/c27-35-11-1-3-23(35)25-29-19-7-5-15(13-21(19)31-25)17-9-10-18(34-33-17)16-6-8-20-22(14-16)32-26(30-20)24-4-2-12-36(24)28/h5-10,13-14,23-24H,1-4,11-12H2,(H,29,31)(H,30,32)/t23-,24-/m0/s1. The van der Waals surface area contributed by atoms with Crippen LogP contribution in [-0.4, -0.2) is 68.8 Å². The Morgan fingerprint density at radius 1 is 0.667 bits per heavy atom. The molecule has 3 aromatic heterocycles. The third-order valence-corrected chi connectivity index (χ3v) is 7.48. The molecule has 2 saturated heterocycles. The van der Waals surface area contributed by atoms with Gasteiger partial charge in [-0.25, -0.2) is 9.97 Å². The number of aromatic nitrogens is 6. The van der Waals surface area contributed by atoms with Crippen LogP contribution in [0, 0.1) is 0 Å². The van der Waals surface area contributed by atoms with Crippen molar-refractivity contribution in [3.63, 3.8) is 0 Å². The van der Waals surface area contributed by atoms with E-state index in [0.29, 0.717) is 0 Å². The highest BCUT2D eigenvalue weighted by atomic mass is 15.1. The molecule has 4 radical (unpaired) electrons. The molecule has 0 spiro atoms. The third-order valence-electron chi connectivity index (χ3n) is 7.48. The van der Waals surface area contributed by atoms with Crippen LogP contribution < -0.4 is 0 Å². The van der Waals surface area contributed by atoms with Crippen molar-refractivity contribution in [2.75, 3.05) is 13.1 Å². The molecule has 0 amide bonds. The minimum atomic E-state index is 0.149. The number of nitrogens with one attached hydrogen (secondary N) is 2. The summed E-state index contributed by atoms with van der Waals surface area (Å²) in [5.74, 6) is 1.85.